The lowest BCUT2D eigenvalue weighted by Gasteiger charge is -2.11. The van der Waals surface area contributed by atoms with Crippen LogP contribution in [0.2, 0.25) is 0 Å². The topological polar surface area (TPSA) is 81.1 Å². The van der Waals surface area contributed by atoms with Crippen molar-refractivity contribution in [1.29, 1.82) is 0 Å². The van der Waals surface area contributed by atoms with Crippen LogP contribution in [-0.4, -0.2) is 36.5 Å². The van der Waals surface area contributed by atoms with Crippen molar-refractivity contribution in [1.82, 2.24) is 9.55 Å². The first-order valence-electron chi connectivity index (χ1n) is 5.30. The highest BCUT2D eigenvalue weighted by molar-refractivity contribution is 7.90. The summed E-state index contributed by atoms with van der Waals surface area (Å²) in [6.45, 7) is 3.96. The Balaban J connectivity index is 2.79. The molecule has 0 spiro atoms. The SMILES string of the molecule is CC(C)n1ccnc(NCCS(C)(=O)=O)c1=O. The molecule has 0 amide bonds. The normalized spacial score (nSPS) is 11.8. The van der Waals surface area contributed by atoms with E-state index in [-0.39, 0.29) is 29.7 Å². The second kappa shape index (κ2) is 5.31. The van der Waals surface area contributed by atoms with Gasteiger partial charge >= 0.3 is 0 Å². The van der Waals surface area contributed by atoms with Crippen molar-refractivity contribution in [2.45, 2.75) is 19.9 Å². The zero-order chi connectivity index (χ0) is 13.1. The molecule has 0 fully saturated rings. The Hall–Kier alpha value is -1.37. The third-order valence-electron chi connectivity index (χ3n) is 2.19. The molecular weight excluding hydrogens is 242 g/mol. The number of nitrogens with zero attached hydrogens (tertiary/aromatic N) is 2. The zero-order valence-corrected chi connectivity index (χ0v) is 11.0. The first-order valence-corrected chi connectivity index (χ1v) is 7.36. The van der Waals surface area contributed by atoms with Crippen LogP contribution >= 0.6 is 0 Å². The van der Waals surface area contributed by atoms with Gasteiger partial charge in [-0.25, -0.2) is 13.4 Å². The van der Waals surface area contributed by atoms with Gasteiger partial charge in [-0.3, -0.25) is 4.79 Å². The van der Waals surface area contributed by atoms with Crippen LogP contribution < -0.4 is 10.9 Å². The molecule has 1 heterocycles. The Morgan fingerprint density at radius 2 is 2.12 bits per heavy atom. The summed E-state index contributed by atoms with van der Waals surface area (Å²) in [6.07, 6.45) is 4.28. The number of hydrogen-bond donors (Lipinski definition) is 1. The lowest BCUT2D eigenvalue weighted by atomic mass is 10.4. The molecule has 17 heavy (non-hydrogen) atoms. The molecule has 0 saturated heterocycles. The van der Waals surface area contributed by atoms with E-state index < -0.39 is 9.84 Å². The molecule has 0 radical (unpaired) electrons. The molecule has 0 bridgehead atoms. The van der Waals surface area contributed by atoms with E-state index in [1.807, 2.05) is 13.8 Å². The fourth-order valence-electron chi connectivity index (χ4n) is 1.31. The summed E-state index contributed by atoms with van der Waals surface area (Å²) in [7, 11) is -3.03. The number of nitrogens with one attached hydrogen (secondary N) is 1. The highest BCUT2D eigenvalue weighted by atomic mass is 32.2. The maximum atomic E-state index is 11.9. The summed E-state index contributed by atoms with van der Waals surface area (Å²) >= 11 is 0. The van der Waals surface area contributed by atoms with E-state index in [0.717, 1.165) is 6.26 Å². The predicted molar refractivity (Wildman–Crippen MR) is 67.1 cm³/mol. The molecule has 0 saturated carbocycles. The largest absolute Gasteiger partial charge is 0.364 e. The number of sulfone groups is 1. The number of anilines is 1. The van der Waals surface area contributed by atoms with Gasteiger partial charge in [0.2, 0.25) is 0 Å². The van der Waals surface area contributed by atoms with Gasteiger partial charge in [-0.1, -0.05) is 0 Å². The van der Waals surface area contributed by atoms with E-state index in [0.29, 0.717) is 0 Å². The third kappa shape index (κ3) is 4.18. The molecule has 0 atom stereocenters. The Bertz CT molecular complexity index is 534. The van der Waals surface area contributed by atoms with Crippen LogP contribution in [0.25, 0.3) is 0 Å². The van der Waals surface area contributed by atoms with Crippen LogP contribution in [0.5, 0.6) is 0 Å². The monoisotopic (exact) mass is 259 g/mol. The second-order valence-corrected chi connectivity index (χ2v) is 6.40. The molecule has 6 nitrogen and oxygen atoms in total. The van der Waals surface area contributed by atoms with Gasteiger partial charge in [0, 0.05) is 31.2 Å². The fraction of sp³-hybridized carbons (Fsp3) is 0.600. The Morgan fingerprint density at radius 3 is 2.65 bits per heavy atom. The third-order valence-corrected chi connectivity index (χ3v) is 3.14. The predicted octanol–water partition coefficient (Wildman–Crippen LogP) is 0.281. The van der Waals surface area contributed by atoms with Crippen molar-refractivity contribution in [3.8, 4) is 0 Å². The quantitative estimate of drug-likeness (QED) is 0.821. The second-order valence-electron chi connectivity index (χ2n) is 4.14. The summed E-state index contributed by atoms with van der Waals surface area (Å²) in [5, 5.41) is 2.74. The van der Waals surface area contributed by atoms with E-state index in [1.54, 1.807) is 6.20 Å². The van der Waals surface area contributed by atoms with Crippen molar-refractivity contribution < 1.29 is 8.42 Å². The first-order chi connectivity index (χ1) is 7.81. The maximum Gasteiger partial charge on any atom is 0.293 e. The summed E-state index contributed by atoms with van der Waals surface area (Å²) < 4.78 is 23.4. The molecule has 1 aromatic heterocycles. The Labute approximate surface area is 101 Å². The number of aromatic nitrogens is 2. The van der Waals surface area contributed by atoms with E-state index in [1.165, 1.54) is 10.8 Å². The molecule has 1 N–H and O–H groups in total. The molecule has 0 aliphatic heterocycles. The molecule has 0 unspecified atom stereocenters. The van der Waals surface area contributed by atoms with Crippen molar-refractivity contribution in [2.75, 3.05) is 23.9 Å². The highest BCUT2D eigenvalue weighted by Gasteiger charge is 2.07. The smallest absolute Gasteiger partial charge is 0.293 e. The lowest BCUT2D eigenvalue weighted by molar-refractivity contribution is 0.575. The van der Waals surface area contributed by atoms with Gasteiger partial charge in [-0.2, -0.15) is 0 Å². The van der Waals surface area contributed by atoms with E-state index in [4.69, 9.17) is 0 Å². The molecule has 1 rings (SSSR count). The van der Waals surface area contributed by atoms with Gasteiger partial charge in [0.25, 0.3) is 5.56 Å². The standard InChI is InChI=1S/C10H17N3O3S/c1-8(2)13-6-4-11-9(10(13)14)12-5-7-17(3,15)16/h4,6,8H,5,7H2,1-3H3,(H,11,12). The maximum absolute atomic E-state index is 11.9. The summed E-state index contributed by atoms with van der Waals surface area (Å²) in [6, 6.07) is 0.0426. The molecular formula is C10H17N3O3S. The van der Waals surface area contributed by atoms with Crippen LogP contribution in [0, 0.1) is 0 Å². The van der Waals surface area contributed by atoms with Crippen molar-refractivity contribution in [3.63, 3.8) is 0 Å². The minimum atomic E-state index is -3.03. The minimum absolute atomic E-state index is 0.0231. The zero-order valence-electron chi connectivity index (χ0n) is 10.2. The van der Waals surface area contributed by atoms with E-state index >= 15 is 0 Å². The average molecular weight is 259 g/mol. The van der Waals surface area contributed by atoms with Gasteiger partial charge in [0.15, 0.2) is 5.82 Å². The van der Waals surface area contributed by atoms with Gasteiger partial charge in [0.1, 0.15) is 9.84 Å². The number of hydrogen-bond acceptors (Lipinski definition) is 5. The van der Waals surface area contributed by atoms with Crippen LogP contribution in [0.15, 0.2) is 17.2 Å². The summed E-state index contributed by atoms with van der Waals surface area (Å²) in [4.78, 5) is 15.8. The van der Waals surface area contributed by atoms with Crippen molar-refractivity contribution in [2.24, 2.45) is 0 Å². The lowest BCUT2D eigenvalue weighted by Crippen LogP contribution is -2.27. The van der Waals surface area contributed by atoms with Crippen LogP contribution in [-0.2, 0) is 9.84 Å². The van der Waals surface area contributed by atoms with Gasteiger partial charge in [-0.15, -0.1) is 0 Å². The average Bonchev–Trinajstić information content (AvgIpc) is 2.18. The molecule has 96 valence electrons. The number of rotatable bonds is 5. The first kappa shape index (κ1) is 13.7. The van der Waals surface area contributed by atoms with Gasteiger partial charge < -0.3 is 9.88 Å². The summed E-state index contributed by atoms with van der Waals surface area (Å²) in [5.74, 6) is 0.162. The van der Waals surface area contributed by atoms with Crippen LogP contribution in [0.1, 0.15) is 19.9 Å². The van der Waals surface area contributed by atoms with E-state index in [2.05, 4.69) is 10.3 Å². The van der Waals surface area contributed by atoms with Gasteiger partial charge in [0.05, 0.1) is 5.75 Å². The minimum Gasteiger partial charge on any atom is -0.364 e. The van der Waals surface area contributed by atoms with Gasteiger partial charge in [-0.05, 0) is 13.8 Å². The van der Waals surface area contributed by atoms with E-state index in [9.17, 15) is 13.2 Å². The van der Waals surface area contributed by atoms with Crippen LogP contribution in [0.3, 0.4) is 0 Å². The fourth-order valence-corrected chi connectivity index (χ4v) is 1.78. The highest BCUT2D eigenvalue weighted by Crippen LogP contribution is 2.01. The van der Waals surface area contributed by atoms with Crippen molar-refractivity contribution >= 4 is 15.7 Å². The van der Waals surface area contributed by atoms with Crippen LogP contribution in [0.4, 0.5) is 5.82 Å². The Kier molecular flexibility index (Phi) is 4.28. The molecule has 0 aromatic carbocycles. The molecule has 0 aliphatic carbocycles. The Morgan fingerprint density at radius 1 is 1.47 bits per heavy atom. The molecule has 1 aromatic rings. The summed E-state index contributed by atoms with van der Waals surface area (Å²) in [5.41, 5.74) is -0.240. The molecule has 7 heteroatoms. The molecule has 0 aliphatic rings. The van der Waals surface area contributed by atoms with Crippen molar-refractivity contribution in [3.05, 3.63) is 22.7 Å².